The fourth-order valence-corrected chi connectivity index (χ4v) is 5.42. The maximum atomic E-state index is 13.5. The molecule has 0 spiro atoms. The molecule has 0 radical (unpaired) electrons. The second kappa shape index (κ2) is 19.3. The van der Waals surface area contributed by atoms with Crippen LogP contribution in [0.4, 0.5) is 0 Å². The summed E-state index contributed by atoms with van der Waals surface area (Å²) in [6.45, 7) is 8.73. The van der Waals surface area contributed by atoms with Crippen molar-refractivity contribution in [3.05, 3.63) is 115 Å². The molecule has 1 heterocycles. The first-order chi connectivity index (χ1) is 24.9. The van der Waals surface area contributed by atoms with Crippen LogP contribution >= 0.6 is 0 Å². The normalized spacial score (nSPS) is 13.2. The van der Waals surface area contributed by atoms with Crippen LogP contribution in [0.15, 0.2) is 103 Å². The maximum Gasteiger partial charge on any atom is 0.329 e. The predicted molar refractivity (Wildman–Crippen MR) is 202 cm³/mol. The van der Waals surface area contributed by atoms with Gasteiger partial charge in [-0.2, -0.15) is 0 Å². The first-order valence-electron chi connectivity index (χ1n) is 17.8. The SMILES string of the molecule is CCCCCCCOc1ccc(-c2cnc(-c3ccc(CC(NC(=O)C=CC(C)(C)C)C(=O)NC(C(=O)O)C(O)c4ccccc4)cc3)nc2)cc1. The summed E-state index contributed by atoms with van der Waals surface area (Å²) in [7, 11) is 0. The van der Waals surface area contributed by atoms with Gasteiger partial charge in [-0.25, -0.2) is 14.8 Å². The zero-order valence-corrected chi connectivity index (χ0v) is 30.4. The van der Waals surface area contributed by atoms with E-state index in [1.165, 1.54) is 31.8 Å². The number of rotatable bonds is 18. The highest BCUT2D eigenvalue weighted by molar-refractivity contribution is 5.94. The number of allylic oxidation sites excluding steroid dienone is 1. The van der Waals surface area contributed by atoms with E-state index in [4.69, 9.17) is 4.74 Å². The van der Waals surface area contributed by atoms with Crippen molar-refractivity contribution < 1.29 is 29.3 Å². The Balaban J connectivity index is 1.43. The molecule has 0 bridgehead atoms. The van der Waals surface area contributed by atoms with Crippen LogP contribution in [-0.2, 0) is 20.8 Å². The number of aromatic nitrogens is 2. The summed E-state index contributed by atoms with van der Waals surface area (Å²) in [4.78, 5) is 47.7. The molecule has 1 aromatic heterocycles. The standard InChI is InChI=1S/C42H50N4O6/c1-5-6-7-8-12-25-52-34-21-19-30(20-22-34)33-27-43-39(44-28-33)32-17-15-29(16-18-32)26-35(45-36(47)23-24-42(2,3)4)40(49)46-37(41(50)51)38(48)31-13-10-9-11-14-31/h9-11,13-24,27-28,35,37-38,48H,5-8,12,25-26H2,1-4H3,(H,45,47)(H,46,49)(H,50,51). The van der Waals surface area contributed by atoms with Gasteiger partial charge in [0.2, 0.25) is 11.8 Å². The number of nitrogens with one attached hydrogen (secondary N) is 2. The molecule has 10 nitrogen and oxygen atoms in total. The lowest BCUT2D eigenvalue weighted by atomic mass is 9.96. The summed E-state index contributed by atoms with van der Waals surface area (Å²) < 4.78 is 5.88. The summed E-state index contributed by atoms with van der Waals surface area (Å²) in [5.41, 5.74) is 3.37. The first kappa shape index (κ1) is 39.4. The Labute approximate surface area is 306 Å². The third kappa shape index (κ3) is 12.5. The number of hydrogen-bond acceptors (Lipinski definition) is 7. The highest BCUT2D eigenvalue weighted by atomic mass is 16.5. The van der Waals surface area contributed by atoms with Crippen molar-refractivity contribution in [2.24, 2.45) is 5.41 Å². The van der Waals surface area contributed by atoms with Crippen molar-refractivity contribution in [3.63, 3.8) is 0 Å². The molecule has 52 heavy (non-hydrogen) atoms. The number of aliphatic carboxylic acids is 1. The molecule has 274 valence electrons. The van der Waals surface area contributed by atoms with Gasteiger partial charge in [-0.1, -0.05) is 126 Å². The minimum atomic E-state index is -1.64. The number of aliphatic hydroxyl groups excluding tert-OH is 1. The average Bonchev–Trinajstić information content (AvgIpc) is 3.14. The van der Waals surface area contributed by atoms with Crippen LogP contribution in [0.5, 0.6) is 5.75 Å². The van der Waals surface area contributed by atoms with E-state index in [-0.39, 0.29) is 11.8 Å². The number of amides is 2. The summed E-state index contributed by atoms with van der Waals surface area (Å²) in [5.74, 6) is -1.30. The number of carbonyl (C=O) groups is 3. The molecule has 4 aromatic rings. The minimum absolute atomic E-state index is 0.0628. The van der Waals surface area contributed by atoms with Gasteiger partial charge in [0, 0.05) is 29.9 Å². The second-order valence-electron chi connectivity index (χ2n) is 13.9. The Morgan fingerprint density at radius 2 is 1.44 bits per heavy atom. The monoisotopic (exact) mass is 706 g/mol. The van der Waals surface area contributed by atoms with E-state index in [0.717, 1.165) is 28.9 Å². The van der Waals surface area contributed by atoms with Crippen LogP contribution in [-0.4, -0.2) is 56.7 Å². The molecule has 3 aromatic carbocycles. The number of nitrogens with zero attached hydrogens (tertiary/aromatic N) is 2. The van der Waals surface area contributed by atoms with Gasteiger partial charge in [0.15, 0.2) is 11.9 Å². The zero-order chi connectivity index (χ0) is 37.5. The Bertz CT molecular complexity index is 1750. The third-order valence-electron chi connectivity index (χ3n) is 8.40. The molecule has 10 heteroatoms. The average molecular weight is 707 g/mol. The number of hydrogen-bond donors (Lipinski definition) is 4. The van der Waals surface area contributed by atoms with Crippen LogP contribution in [0.2, 0.25) is 0 Å². The van der Waals surface area contributed by atoms with E-state index in [1.54, 1.807) is 60.9 Å². The fraction of sp³-hybridized carbons (Fsp3) is 0.357. The Hall–Kier alpha value is -5.35. The van der Waals surface area contributed by atoms with Gasteiger partial charge in [-0.3, -0.25) is 9.59 Å². The lowest BCUT2D eigenvalue weighted by Crippen LogP contribution is -2.54. The van der Waals surface area contributed by atoms with E-state index < -0.39 is 36.0 Å². The lowest BCUT2D eigenvalue weighted by Gasteiger charge is -2.24. The third-order valence-corrected chi connectivity index (χ3v) is 8.40. The predicted octanol–water partition coefficient (Wildman–Crippen LogP) is 7.09. The van der Waals surface area contributed by atoms with Crippen LogP contribution in [0.1, 0.15) is 77.0 Å². The minimum Gasteiger partial charge on any atom is -0.494 e. The molecule has 3 atom stereocenters. The van der Waals surface area contributed by atoms with Crippen molar-refractivity contribution in [1.82, 2.24) is 20.6 Å². The summed E-state index contributed by atoms with van der Waals surface area (Å²) >= 11 is 0. The van der Waals surface area contributed by atoms with Crippen LogP contribution in [0, 0.1) is 5.41 Å². The van der Waals surface area contributed by atoms with Crippen LogP contribution < -0.4 is 15.4 Å². The molecule has 2 amide bonds. The fourth-order valence-electron chi connectivity index (χ4n) is 5.42. The van der Waals surface area contributed by atoms with Gasteiger partial charge in [0.25, 0.3) is 0 Å². The molecular formula is C42H50N4O6. The van der Waals surface area contributed by atoms with E-state index >= 15 is 0 Å². The van der Waals surface area contributed by atoms with Gasteiger partial charge in [-0.15, -0.1) is 0 Å². The highest BCUT2D eigenvalue weighted by Crippen LogP contribution is 2.24. The summed E-state index contributed by atoms with van der Waals surface area (Å²) in [5, 5.41) is 25.8. The number of benzene rings is 3. The van der Waals surface area contributed by atoms with Gasteiger partial charge in [0.1, 0.15) is 17.9 Å². The Morgan fingerprint density at radius 1 is 0.808 bits per heavy atom. The number of unbranched alkanes of at least 4 members (excludes halogenated alkanes) is 4. The number of aliphatic hydroxyl groups is 1. The summed E-state index contributed by atoms with van der Waals surface area (Å²) in [6, 6.07) is 20.6. The molecule has 0 aliphatic heterocycles. The Morgan fingerprint density at radius 3 is 2.06 bits per heavy atom. The van der Waals surface area contributed by atoms with Crippen molar-refractivity contribution in [2.45, 2.75) is 84.4 Å². The van der Waals surface area contributed by atoms with Crippen LogP contribution in [0.25, 0.3) is 22.5 Å². The first-order valence-corrected chi connectivity index (χ1v) is 17.8. The largest absolute Gasteiger partial charge is 0.494 e. The Kier molecular flexibility index (Phi) is 14.6. The zero-order valence-electron chi connectivity index (χ0n) is 30.4. The second-order valence-corrected chi connectivity index (χ2v) is 13.9. The molecule has 4 N–H and O–H groups in total. The number of carbonyl (C=O) groups excluding carboxylic acids is 2. The van der Waals surface area contributed by atoms with Crippen LogP contribution in [0.3, 0.4) is 0 Å². The van der Waals surface area contributed by atoms with Gasteiger partial charge >= 0.3 is 5.97 Å². The van der Waals surface area contributed by atoms with Crippen molar-refractivity contribution in [2.75, 3.05) is 6.61 Å². The van der Waals surface area contributed by atoms with Gasteiger partial charge in [-0.05, 0) is 46.7 Å². The van der Waals surface area contributed by atoms with Crippen molar-refractivity contribution >= 4 is 17.8 Å². The van der Waals surface area contributed by atoms with Crippen molar-refractivity contribution in [1.29, 1.82) is 0 Å². The molecule has 0 aliphatic carbocycles. The maximum absolute atomic E-state index is 13.5. The lowest BCUT2D eigenvalue weighted by molar-refractivity contribution is -0.145. The molecule has 0 saturated carbocycles. The molecule has 0 aliphatic rings. The smallest absolute Gasteiger partial charge is 0.329 e. The van der Waals surface area contributed by atoms with E-state index in [2.05, 4.69) is 27.5 Å². The van der Waals surface area contributed by atoms with Gasteiger partial charge in [0.05, 0.1) is 6.61 Å². The van der Waals surface area contributed by atoms with Gasteiger partial charge < -0.3 is 25.6 Å². The number of carboxylic acid groups (broad SMARTS) is 1. The van der Waals surface area contributed by atoms with E-state index in [0.29, 0.717) is 23.6 Å². The van der Waals surface area contributed by atoms with E-state index in [9.17, 15) is 24.6 Å². The molecule has 0 fully saturated rings. The molecule has 4 rings (SSSR count). The highest BCUT2D eigenvalue weighted by Gasteiger charge is 2.32. The summed E-state index contributed by atoms with van der Waals surface area (Å²) in [6.07, 6.45) is 11.1. The molecule has 3 unspecified atom stereocenters. The topological polar surface area (TPSA) is 151 Å². The quantitative estimate of drug-likeness (QED) is 0.0633. The van der Waals surface area contributed by atoms with Crippen molar-refractivity contribution in [3.8, 4) is 28.3 Å². The van der Waals surface area contributed by atoms with E-state index in [1.807, 2.05) is 57.2 Å². The molecule has 0 saturated heterocycles. The number of ether oxygens (including phenoxy) is 1. The molecular weight excluding hydrogens is 656 g/mol. The number of carboxylic acids is 1.